The van der Waals surface area contributed by atoms with Crippen molar-refractivity contribution in [1.29, 1.82) is 5.26 Å². The van der Waals surface area contributed by atoms with Gasteiger partial charge in [-0.1, -0.05) is 61.2 Å². The first-order valence-corrected chi connectivity index (χ1v) is 12.0. The number of hydrogen-bond acceptors (Lipinski definition) is 3. The number of halogens is 1. The number of aromatic nitrogens is 2. The molecule has 1 N–H and O–H groups in total. The number of unbranched alkanes of at least 4 members (excludes halogenated alkanes) is 1. The molecule has 172 valence electrons. The summed E-state index contributed by atoms with van der Waals surface area (Å²) in [5.41, 5.74) is 8.13. The second kappa shape index (κ2) is 11.7. The molecule has 0 saturated carbocycles. The Kier molecular flexibility index (Phi) is 8.74. The first-order chi connectivity index (χ1) is 15.9. The first kappa shape index (κ1) is 24.6. The van der Waals surface area contributed by atoms with Crippen molar-refractivity contribution in [3.8, 4) is 6.07 Å². The van der Waals surface area contributed by atoms with Crippen LogP contribution in [0, 0.1) is 32.1 Å². The number of nitrogens with zero attached hydrogens (tertiary/aromatic N) is 3. The summed E-state index contributed by atoms with van der Waals surface area (Å²) in [5, 5.41) is 13.2. The molecule has 0 aliphatic carbocycles. The summed E-state index contributed by atoms with van der Waals surface area (Å²) in [5.74, 6) is 0.197. The predicted octanol–water partition coefficient (Wildman–Crippen LogP) is 6.87. The molecule has 5 heteroatoms. The fourth-order valence-corrected chi connectivity index (χ4v) is 4.74. The van der Waals surface area contributed by atoms with Gasteiger partial charge in [0.25, 0.3) is 0 Å². The Bertz CT molecular complexity index is 1110. The molecule has 0 aliphatic rings. The maximum atomic E-state index is 8.98. The maximum Gasteiger partial charge on any atom is 0.0991 e. The molecule has 0 saturated heterocycles. The van der Waals surface area contributed by atoms with Crippen LogP contribution in [-0.2, 0) is 13.1 Å². The topological polar surface area (TPSA) is 53.6 Å². The van der Waals surface area contributed by atoms with Crippen LogP contribution < -0.4 is 5.32 Å². The third-order valence-corrected chi connectivity index (χ3v) is 6.40. The van der Waals surface area contributed by atoms with Crippen LogP contribution in [0.2, 0.25) is 0 Å². The van der Waals surface area contributed by atoms with Gasteiger partial charge in [-0.3, -0.25) is 0 Å². The average molecular weight is 461 g/mol. The average Bonchev–Trinajstić information content (AvgIpc) is 3.22. The number of benzene rings is 2. The van der Waals surface area contributed by atoms with Crippen LogP contribution in [-0.4, -0.2) is 9.55 Å². The van der Waals surface area contributed by atoms with Gasteiger partial charge in [0.1, 0.15) is 0 Å². The maximum absolute atomic E-state index is 8.98. The van der Waals surface area contributed by atoms with E-state index in [1.807, 2.05) is 43.0 Å². The van der Waals surface area contributed by atoms with Gasteiger partial charge in [0, 0.05) is 29.9 Å². The number of nitriles is 1. The zero-order chi connectivity index (χ0) is 23.8. The highest BCUT2D eigenvalue weighted by molar-refractivity contribution is 6.30. The van der Waals surface area contributed by atoms with Crippen LogP contribution in [0.4, 0.5) is 0 Å². The van der Waals surface area contributed by atoms with Crippen molar-refractivity contribution in [3.63, 3.8) is 0 Å². The van der Waals surface area contributed by atoms with Crippen LogP contribution in [0.1, 0.15) is 71.2 Å². The zero-order valence-electron chi connectivity index (χ0n) is 20.0. The molecule has 3 aromatic rings. The van der Waals surface area contributed by atoms with E-state index in [0.29, 0.717) is 18.7 Å². The smallest absolute Gasteiger partial charge is 0.0991 e. The molecular weight excluding hydrogens is 428 g/mol. The molecule has 0 spiro atoms. The van der Waals surface area contributed by atoms with Crippen molar-refractivity contribution in [3.05, 3.63) is 99.2 Å². The normalized spacial score (nSPS) is 12.4. The quantitative estimate of drug-likeness (QED) is 0.359. The lowest BCUT2D eigenvalue weighted by molar-refractivity contribution is 0.645. The minimum absolute atomic E-state index is 0.197. The van der Waals surface area contributed by atoms with E-state index in [2.05, 4.69) is 60.8 Å². The van der Waals surface area contributed by atoms with Gasteiger partial charge in [-0.25, -0.2) is 4.98 Å². The van der Waals surface area contributed by atoms with Gasteiger partial charge in [-0.2, -0.15) is 5.26 Å². The van der Waals surface area contributed by atoms with Crippen LogP contribution >= 0.6 is 11.6 Å². The largest absolute Gasteiger partial charge is 0.384 e. The molecule has 0 amide bonds. The van der Waals surface area contributed by atoms with Gasteiger partial charge >= 0.3 is 0 Å². The van der Waals surface area contributed by atoms with Crippen molar-refractivity contribution in [1.82, 2.24) is 14.9 Å². The summed E-state index contributed by atoms with van der Waals surface area (Å²) in [6.07, 6.45) is 8.99. The van der Waals surface area contributed by atoms with Crippen LogP contribution in [0.25, 0.3) is 0 Å². The van der Waals surface area contributed by atoms with Crippen LogP contribution in [0.3, 0.4) is 0 Å². The second-order valence-corrected chi connectivity index (χ2v) is 9.18. The molecular formula is C28H33ClN4. The molecule has 0 fully saturated rings. The van der Waals surface area contributed by atoms with E-state index >= 15 is 0 Å². The molecule has 3 rings (SSSR count). The van der Waals surface area contributed by atoms with Gasteiger partial charge < -0.3 is 9.88 Å². The summed E-state index contributed by atoms with van der Waals surface area (Å²) >= 11 is 6.89. The van der Waals surface area contributed by atoms with Gasteiger partial charge in [0.15, 0.2) is 0 Å². The monoisotopic (exact) mass is 460 g/mol. The Balaban J connectivity index is 1.72. The van der Waals surface area contributed by atoms with Crippen molar-refractivity contribution in [2.45, 2.75) is 66.0 Å². The van der Waals surface area contributed by atoms with Gasteiger partial charge in [0.2, 0.25) is 0 Å². The lowest BCUT2D eigenvalue weighted by Crippen LogP contribution is -2.13. The van der Waals surface area contributed by atoms with E-state index in [-0.39, 0.29) is 5.92 Å². The summed E-state index contributed by atoms with van der Waals surface area (Å²) in [6, 6.07) is 14.3. The van der Waals surface area contributed by atoms with Crippen molar-refractivity contribution in [2.24, 2.45) is 0 Å². The Labute approximate surface area is 202 Å². The van der Waals surface area contributed by atoms with Crippen LogP contribution in [0.15, 0.2) is 60.2 Å². The predicted molar refractivity (Wildman–Crippen MR) is 136 cm³/mol. The molecule has 1 atom stereocenters. The molecule has 1 heterocycles. The summed E-state index contributed by atoms with van der Waals surface area (Å²) < 4.78 is 2.11. The molecule has 0 aliphatic heterocycles. The molecule has 2 aromatic carbocycles. The minimum Gasteiger partial charge on any atom is -0.384 e. The van der Waals surface area contributed by atoms with Crippen molar-refractivity contribution < 1.29 is 0 Å². The van der Waals surface area contributed by atoms with Crippen LogP contribution in [0.5, 0.6) is 0 Å². The Morgan fingerprint density at radius 1 is 1.18 bits per heavy atom. The summed E-state index contributed by atoms with van der Waals surface area (Å²) in [6.45, 7) is 10.1. The van der Waals surface area contributed by atoms with Gasteiger partial charge in [-0.15, -0.1) is 0 Å². The fraction of sp³-hybridized carbons (Fsp3) is 0.357. The molecule has 0 bridgehead atoms. The number of imidazole rings is 1. The lowest BCUT2D eigenvalue weighted by atomic mass is 9.86. The molecule has 33 heavy (non-hydrogen) atoms. The Morgan fingerprint density at radius 3 is 2.52 bits per heavy atom. The minimum atomic E-state index is 0.197. The zero-order valence-corrected chi connectivity index (χ0v) is 20.8. The first-order valence-electron chi connectivity index (χ1n) is 11.6. The van der Waals surface area contributed by atoms with E-state index in [9.17, 15) is 0 Å². The number of rotatable bonds is 10. The van der Waals surface area contributed by atoms with E-state index in [1.54, 1.807) is 0 Å². The summed E-state index contributed by atoms with van der Waals surface area (Å²) in [7, 11) is 0. The van der Waals surface area contributed by atoms with E-state index in [0.717, 1.165) is 35.6 Å². The summed E-state index contributed by atoms with van der Waals surface area (Å²) in [4.78, 5) is 4.32. The highest BCUT2D eigenvalue weighted by Crippen LogP contribution is 2.36. The Hall–Kier alpha value is -3.03. The number of aryl methyl sites for hydroxylation is 3. The van der Waals surface area contributed by atoms with E-state index in [1.165, 1.54) is 22.3 Å². The lowest BCUT2D eigenvalue weighted by Gasteiger charge is -2.22. The SMILES string of the molecule is CCCCC(C(Cl)=CNCc1cncn1Cc1ccc(C#N)cc1)c1c(C)cc(C)cc1C. The number of nitrogens with one attached hydrogen (secondary N) is 1. The number of allylic oxidation sites excluding steroid dienone is 1. The highest BCUT2D eigenvalue weighted by atomic mass is 35.5. The second-order valence-electron chi connectivity index (χ2n) is 8.74. The molecule has 4 nitrogen and oxygen atoms in total. The Morgan fingerprint density at radius 2 is 1.88 bits per heavy atom. The van der Waals surface area contributed by atoms with Gasteiger partial charge in [0.05, 0.1) is 30.2 Å². The fourth-order valence-electron chi connectivity index (χ4n) is 4.44. The number of hydrogen-bond donors (Lipinski definition) is 1. The molecule has 0 radical (unpaired) electrons. The third kappa shape index (κ3) is 6.49. The highest BCUT2D eigenvalue weighted by Gasteiger charge is 2.19. The van der Waals surface area contributed by atoms with Crippen molar-refractivity contribution in [2.75, 3.05) is 0 Å². The van der Waals surface area contributed by atoms with E-state index in [4.69, 9.17) is 16.9 Å². The van der Waals surface area contributed by atoms with Gasteiger partial charge in [-0.05, 0) is 61.6 Å². The van der Waals surface area contributed by atoms with E-state index < -0.39 is 0 Å². The standard InChI is InChI=1S/C28H33ClN4/c1-5-6-7-26(28-21(3)12-20(2)13-22(28)4)27(29)17-31-15-25-16-32-19-33(25)18-24-10-8-23(14-30)9-11-24/h8-13,16-17,19,26,31H,5-7,15,18H2,1-4H3. The molecule has 1 aromatic heterocycles. The van der Waals surface area contributed by atoms with Crippen molar-refractivity contribution >= 4 is 11.6 Å². The molecule has 1 unspecified atom stereocenters. The third-order valence-electron chi connectivity index (χ3n) is 6.02.